The van der Waals surface area contributed by atoms with E-state index in [0.29, 0.717) is 11.4 Å². The number of nitrogens with two attached hydrogens (primary N) is 2. The van der Waals surface area contributed by atoms with E-state index >= 15 is 0 Å². The van der Waals surface area contributed by atoms with E-state index < -0.39 is 0 Å². The summed E-state index contributed by atoms with van der Waals surface area (Å²) >= 11 is 0. The summed E-state index contributed by atoms with van der Waals surface area (Å²) in [6.07, 6.45) is 0. The molecule has 2 nitrogen and oxygen atoms in total. The van der Waals surface area contributed by atoms with Crippen LogP contribution in [0.1, 0.15) is 0 Å². The van der Waals surface area contributed by atoms with E-state index in [1.54, 1.807) is 18.2 Å². The van der Waals surface area contributed by atoms with Crippen molar-refractivity contribution in [3.8, 4) is 0 Å². The predicted molar refractivity (Wildman–Crippen MR) is 50.7 cm³/mol. The van der Waals surface area contributed by atoms with Crippen molar-refractivity contribution in [2.75, 3.05) is 11.5 Å². The molecule has 4 N–H and O–H groups in total. The van der Waals surface area contributed by atoms with Gasteiger partial charge in [0, 0.05) is 11.4 Å². The molecule has 0 unspecified atom stereocenters. The number of anilines is 2. The molecule has 0 fully saturated rings. The fourth-order valence-electron chi connectivity index (χ4n) is 0.559. The van der Waals surface area contributed by atoms with Gasteiger partial charge in [-0.05, 0) is 18.2 Å². The van der Waals surface area contributed by atoms with Crippen LogP contribution in [0, 0.1) is 0 Å². The van der Waals surface area contributed by atoms with Gasteiger partial charge in [0.1, 0.15) is 0 Å². The van der Waals surface area contributed by atoms with Crippen LogP contribution in [-0.2, 0) is 0 Å². The Morgan fingerprint density at radius 3 is 1.67 bits per heavy atom. The van der Waals surface area contributed by atoms with Crippen molar-refractivity contribution >= 4 is 35.4 Å². The fraction of sp³-hybridized carbons (Fsp3) is 0. The lowest BCUT2D eigenvalue weighted by molar-refractivity contribution is 1.67. The quantitative estimate of drug-likeness (QED) is 0.529. The molecule has 9 heavy (non-hydrogen) atoms. The Kier molecular flexibility index (Phi) is 3.37. The average molecular weight is 236 g/mol. The lowest BCUT2D eigenvalue weighted by Gasteiger charge is -1.91. The molecule has 50 valence electrons. The highest BCUT2D eigenvalue weighted by molar-refractivity contribution is 14.0. The molecule has 3 heteroatoms. The van der Waals surface area contributed by atoms with Gasteiger partial charge in [-0.3, -0.25) is 0 Å². The maximum Gasteiger partial charge on any atom is 0.0334 e. The minimum absolute atomic E-state index is 0. The van der Waals surface area contributed by atoms with E-state index in [0.717, 1.165) is 0 Å². The Hall–Kier alpha value is -0.450. The molecule has 0 aromatic heterocycles. The number of halogens is 1. The van der Waals surface area contributed by atoms with Gasteiger partial charge in [-0.15, -0.1) is 24.0 Å². The van der Waals surface area contributed by atoms with Gasteiger partial charge in [-0.25, -0.2) is 0 Å². The summed E-state index contributed by atoms with van der Waals surface area (Å²) in [7, 11) is 0. The molecule has 0 radical (unpaired) electrons. The summed E-state index contributed by atoms with van der Waals surface area (Å²) in [5, 5.41) is 0. The molecule has 0 amide bonds. The van der Waals surface area contributed by atoms with Crippen LogP contribution < -0.4 is 11.5 Å². The van der Waals surface area contributed by atoms with Gasteiger partial charge in [-0.1, -0.05) is 6.07 Å². The van der Waals surface area contributed by atoms with Gasteiger partial charge >= 0.3 is 0 Å². The average Bonchev–Trinajstić information content (AvgIpc) is 1.64. The topological polar surface area (TPSA) is 52.0 Å². The second-order valence-corrected chi connectivity index (χ2v) is 1.67. The molecule has 1 aromatic carbocycles. The third-order valence-corrected chi connectivity index (χ3v) is 0.911. The summed E-state index contributed by atoms with van der Waals surface area (Å²) in [5.41, 5.74) is 12.2. The Labute approximate surface area is 71.3 Å². The van der Waals surface area contributed by atoms with Gasteiger partial charge in [0.15, 0.2) is 0 Å². The smallest absolute Gasteiger partial charge is 0.0334 e. The van der Waals surface area contributed by atoms with E-state index in [2.05, 4.69) is 0 Å². The number of nitrogen functional groups attached to an aromatic ring is 2. The zero-order valence-electron chi connectivity index (χ0n) is 4.87. The highest BCUT2D eigenvalue weighted by Crippen LogP contribution is 2.06. The first-order valence-corrected chi connectivity index (χ1v) is 2.40. The van der Waals surface area contributed by atoms with Gasteiger partial charge in [-0.2, -0.15) is 0 Å². The minimum Gasteiger partial charge on any atom is -0.399 e. The van der Waals surface area contributed by atoms with Gasteiger partial charge < -0.3 is 11.5 Å². The maximum absolute atomic E-state index is 5.38. The van der Waals surface area contributed by atoms with Crippen LogP contribution in [0.3, 0.4) is 0 Å². The highest BCUT2D eigenvalue weighted by atomic mass is 127. The standard InChI is InChI=1S/C6H8N2.HI/c7-5-2-1-3-6(8)4-5;/h1-4H,7-8H2;1H. The van der Waals surface area contributed by atoms with Crippen LogP contribution in [0.5, 0.6) is 0 Å². The van der Waals surface area contributed by atoms with E-state index in [9.17, 15) is 0 Å². The molecule has 0 heterocycles. The number of hydrogen-bond donors (Lipinski definition) is 2. The zero-order chi connectivity index (χ0) is 5.98. The third kappa shape index (κ3) is 2.55. The van der Waals surface area contributed by atoms with Crippen molar-refractivity contribution in [3.63, 3.8) is 0 Å². The largest absolute Gasteiger partial charge is 0.399 e. The monoisotopic (exact) mass is 236 g/mol. The number of benzene rings is 1. The van der Waals surface area contributed by atoms with E-state index in [1.807, 2.05) is 6.07 Å². The van der Waals surface area contributed by atoms with Crippen molar-refractivity contribution in [3.05, 3.63) is 24.3 Å². The Morgan fingerprint density at radius 2 is 1.44 bits per heavy atom. The zero-order valence-corrected chi connectivity index (χ0v) is 7.20. The van der Waals surface area contributed by atoms with Crippen molar-refractivity contribution in [1.82, 2.24) is 0 Å². The molecule has 0 aliphatic heterocycles. The summed E-state index contributed by atoms with van der Waals surface area (Å²) in [6.45, 7) is 0. The first-order valence-electron chi connectivity index (χ1n) is 2.40. The van der Waals surface area contributed by atoms with Crippen LogP contribution in [0.2, 0.25) is 0 Å². The van der Waals surface area contributed by atoms with Crippen LogP contribution in [0.25, 0.3) is 0 Å². The summed E-state index contributed by atoms with van der Waals surface area (Å²) in [4.78, 5) is 0. The Morgan fingerprint density at radius 1 is 1.00 bits per heavy atom. The van der Waals surface area contributed by atoms with Crippen LogP contribution >= 0.6 is 24.0 Å². The normalized spacial score (nSPS) is 8.00. The van der Waals surface area contributed by atoms with Crippen molar-refractivity contribution in [1.29, 1.82) is 0 Å². The lowest BCUT2D eigenvalue weighted by Crippen LogP contribution is -1.87. The second kappa shape index (κ2) is 3.55. The highest BCUT2D eigenvalue weighted by Gasteiger charge is 1.81. The molecule has 0 saturated carbocycles. The molecule has 0 spiro atoms. The van der Waals surface area contributed by atoms with Crippen molar-refractivity contribution in [2.45, 2.75) is 0 Å². The first-order chi connectivity index (χ1) is 3.79. The molecule has 0 saturated heterocycles. The molecular formula is C6H9IN2. The van der Waals surface area contributed by atoms with Gasteiger partial charge in [0.2, 0.25) is 0 Å². The molecule has 0 aliphatic carbocycles. The summed E-state index contributed by atoms with van der Waals surface area (Å²) < 4.78 is 0. The lowest BCUT2D eigenvalue weighted by atomic mass is 10.3. The second-order valence-electron chi connectivity index (χ2n) is 1.67. The summed E-state index contributed by atoms with van der Waals surface area (Å²) in [6, 6.07) is 7.15. The first kappa shape index (κ1) is 8.55. The Balaban J connectivity index is 0.000000640. The predicted octanol–water partition coefficient (Wildman–Crippen LogP) is 1.47. The van der Waals surface area contributed by atoms with Gasteiger partial charge in [0.05, 0.1) is 0 Å². The molecule has 1 aromatic rings. The van der Waals surface area contributed by atoms with E-state index in [1.165, 1.54) is 0 Å². The Bertz CT molecular complexity index is 171. The van der Waals surface area contributed by atoms with E-state index in [4.69, 9.17) is 11.5 Å². The SMILES string of the molecule is I.Nc1cccc(N)c1. The molecule has 0 bridgehead atoms. The van der Waals surface area contributed by atoms with Crippen LogP contribution in [-0.4, -0.2) is 0 Å². The minimum atomic E-state index is 0. The molecular weight excluding hydrogens is 227 g/mol. The number of hydrogen-bond acceptors (Lipinski definition) is 2. The third-order valence-electron chi connectivity index (χ3n) is 0.911. The molecule has 1 rings (SSSR count). The van der Waals surface area contributed by atoms with Crippen LogP contribution in [0.4, 0.5) is 11.4 Å². The summed E-state index contributed by atoms with van der Waals surface area (Å²) in [5.74, 6) is 0. The molecule has 0 atom stereocenters. The fourth-order valence-corrected chi connectivity index (χ4v) is 0.559. The molecule has 0 aliphatic rings. The van der Waals surface area contributed by atoms with Gasteiger partial charge in [0.25, 0.3) is 0 Å². The van der Waals surface area contributed by atoms with Crippen LogP contribution in [0.15, 0.2) is 24.3 Å². The maximum atomic E-state index is 5.38. The van der Waals surface area contributed by atoms with E-state index in [-0.39, 0.29) is 24.0 Å². The van der Waals surface area contributed by atoms with Crippen molar-refractivity contribution in [2.24, 2.45) is 0 Å². The van der Waals surface area contributed by atoms with Crippen molar-refractivity contribution < 1.29 is 0 Å². The number of rotatable bonds is 0.